The molecule has 0 bridgehead atoms. The molecule has 2 aliphatic rings. The molecule has 0 radical (unpaired) electrons. The highest BCUT2D eigenvalue weighted by Gasteiger charge is 2.17. The number of morpholine rings is 1. The Balaban J connectivity index is 1.49. The average molecular weight is 371 g/mol. The van der Waals surface area contributed by atoms with Crippen LogP contribution in [0.2, 0.25) is 5.02 Å². The third-order valence-electron chi connectivity index (χ3n) is 5.11. The van der Waals surface area contributed by atoms with E-state index >= 15 is 0 Å². The Hall–Kier alpha value is -2.04. The Labute approximate surface area is 159 Å². The van der Waals surface area contributed by atoms with Crippen molar-refractivity contribution in [3.8, 4) is 0 Å². The predicted octanol–water partition coefficient (Wildman–Crippen LogP) is 3.85. The van der Waals surface area contributed by atoms with Gasteiger partial charge in [0.05, 0.1) is 31.0 Å². The number of anilines is 2. The minimum absolute atomic E-state index is 0.0141. The van der Waals surface area contributed by atoms with Crippen molar-refractivity contribution in [2.24, 2.45) is 0 Å². The second kappa shape index (κ2) is 7.68. The largest absolute Gasteiger partial charge is 0.378 e. The van der Waals surface area contributed by atoms with Crippen molar-refractivity contribution in [2.75, 3.05) is 36.5 Å². The first-order valence-electron chi connectivity index (χ1n) is 9.22. The topological polar surface area (TPSA) is 41.6 Å². The minimum atomic E-state index is -0.0141. The van der Waals surface area contributed by atoms with Crippen LogP contribution in [0.4, 0.5) is 11.4 Å². The number of fused-ring (bicyclic) bond motifs is 1. The van der Waals surface area contributed by atoms with Crippen LogP contribution in [0.5, 0.6) is 0 Å². The van der Waals surface area contributed by atoms with Gasteiger partial charge in [-0.1, -0.05) is 29.8 Å². The van der Waals surface area contributed by atoms with Crippen LogP contribution in [0.15, 0.2) is 36.4 Å². The van der Waals surface area contributed by atoms with E-state index in [0.717, 1.165) is 42.9 Å². The summed E-state index contributed by atoms with van der Waals surface area (Å²) < 4.78 is 5.43. The van der Waals surface area contributed by atoms with E-state index in [2.05, 4.69) is 28.4 Å². The van der Waals surface area contributed by atoms with Gasteiger partial charge in [0.15, 0.2) is 0 Å². The zero-order valence-corrected chi connectivity index (χ0v) is 15.5. The zero-order valence-electron chi connectivity index (χ0n) is 14.8. The smallest absolute Gasteiger partial charge is 0.228 e. The Bertz CT molecular complexity index is 816. The summed E-state index contributed by atoms with van der Waals surface area (Å²) in [6.07, 6.45) is 3.88. The number of carbonyl (C=O) groups excluding carboxylic acids is 1. The van der Waals surface area contributed by atoms with Crippen LogP contribution in [0.3, 0.4) is 0 Å². The highest BCUT2D eigenvalue weighted by atomic mass is 35.5. The average Bonchev–Trinajstić information content (AvgIpc) is 3.10. The molecule has 5 heteroatoms. The molecule has 0 saturated carbocycles. The molecule has 0 atom stereocenters. The first-order valence-corrected chi connectivity index (χ1v) is 9.59. The van der Waals surface area contributed by atoms with Crippen LogP contribution in [0.25, 0.3) is 0 Å². The van der Waals surface area contributed by atoms with E-state index in [4.69, 9.17) is 16.3 Å². The van der Waals surface area contributed by atoms with Crippen LogP contribution < -0.4 is 10.2 Å². The van der Waals surface area contributed by atoms with Crippen molar-refractivity contribution in [3.63, 3.8) is 0 Å². The predicted molar refractivity (Wildman–Crippen MR) is 105 cm³/mol. The van der Waals surface area contributed by atoms with Gasteiger partial charge < -0.3 is 15.0 Å². The first-order chi connectivity index (χ1) is 12.7. The van der Waals surface area contributed by atoms with Crippen molar-refractivity contribution >= 4 is 28.9 Å². The normalized spacial score (nSPS) is 16.4. The van der Waals surface area contributed by atoms with Gasteiger partial charge in [0.2, 0.25) is 5.91 Å². The third-order valence-corrected chi connectivity index (χ3v) is 5.35. The van der Waals surface area contributed by atoms with Crippen LogP contribution >= 0.6 is 11.6 Å². The zero-order chi connectivity index (χ0) is 17.9. The van der Waals surface area contributed by atoms with Crippen LogP contribution in [0, 0.1) is 0 Å². The van der Waals surface area contributed by atoms with Crippen molar-refractivity contribution in [1.29, 1.82) is 0 Å². The number of halogens is 1. The van der Waals surface area contributed by atoms with Crippen molar-refractivity contribution in [2.45, 2.75) is 25.7 Å². The van der Waals surface area contributed by atoms with Gasteiger partial charge in [-0.2, -0.15) is 0 Å². The van der Waals surface area contributed by atoms with E-state index in [1.54, 1.807) is 0 Å². The van der Waals surface area contributed by atoms with E-state index in [-0.39, 0.29) is 5.91 Å². The number of benzene rings is 2. The highest BCUT2D eigenvalue weighted by molar-refractivity contribution is 6.31. The second-order valence-corrected chi connectivity index (χ2v) is 7.38. The fraction of sp³-hybridized carbons (Fsp3) is 0.381. The number of aryl methyl sites for hydroxylation is 2. The van der Waals surface area contributed by atoms with Crippen molar-refractivity contribution in [3.05, 3.63) is 58.1 Å². The molecule has 26 heavy (non-hydrogen) atoms. The number of nitrogens with one attached hydrogen (secondary N) is 1. The fourth-order valence-electron chi connectivity index (χ4n) is 3.80. The number of carbonyl (C=O) groups is 1. The lowest BCUT2D eigenvalue weighted by molar-refractivity contribution is -0.115. The number of hydrogen-bond donors (Lipinski definition) is 1. The summed E-state index contributed by atoms with van der Waals surface area (Å²) in [6.45, 7) is 3.03. The molecule has 136 valence electrons. The fourth-order valence-corrected chi connectivity index (χ4v) is 3.98. The van der Waals surface area contributed by atoms with Crippen LogP contribution in [-0.2, 0) is 28.8 Å². The Morgan fingerprint density at radius 2 is 1.88 bits per heavy atom. The first kappa shape index (κ1) is 17.4. The Morgan fingerprint density at radius 1 is 1.08 bits per heavy atom. The number of nitrogens with zero attached hydrogens (tertiary/aromatic N) is 1. The summed E-state index contributed by atoms with van der Waals surface area (Å²) in [5, 5.41) is 3.68. The Kier molecular flexibility index (Phi) is 5.14. The number of hydrogen-bond acceptors (Lipinski definition) is 3. The van der Waals surface area contributed by atoms with Crippen LogP contribution in [-0.4, -0.2) is 32.2 Å². The van der Waals surface area contributed by atoms with Crippen molar-refractivity contribution < 1.29 is 9.53 Å². The summed E-state index contributed by atoms with van der Waals surface area (Å²) in [4.78, 5) is 14.9. The molecule has 0 unspecified atom stereocenters. The lowest BCUT2D eigenvalue weighted by Crippen LogP contribution is -2.36. The maximum atomic E-state index is 12.6. The lowest BCUT2D eigenvalue weighted by Gasteiger charge is -2.30. The Morgan fingerprint density at radius 3 is 2.73 bits per heavy atom. The molecule has 1 aliphatic heterocycles. The van der Waals surface area contributed by atoms with E-state index in [0.29, 0.717) is 24.7 Å². The molecular formula is C21H23ClN2O2. The highest BCUT2D eigenvalue weighted by Crippen LogP contribution is 2.30. The molecule has 1 heterocycles. The molecule has 1 N–H and O–H groups in total. The monoisotopic (exact) mass is 370 g/mol. The molecule has 1 fully saturated rings. The maximum Gasteiger partial charge on any atom is 0.228 e. The van der Waals surface area contributed by atoms with Crippen LogP contribution in [0.1, 0.15) is 23.1 Å². The van der Waals surface area contributed by atoms with Gasteiger partial charge in [-0.25, -0.2) is 0 Å². The van der Waals surface area contributed by atoms with Gasteiger partial charge >= 0.3 is 0 Å². The molecule has 1 saturated heterocycles. The molecule has 1 aliphatic carbocycles. The molecule has 1 amide bonds. The molecule has 2 aromatic rings. The van der Waals surface area contributed by atoms with Gasteiger partial charge in [0.1, 0.15) is 0 Å². The lowest BCUT2D eigenvalue weighted by atomic mass is 10.0. The summed E-state index contributed by atoms with van der Waals surface area (Å²) in [5.41, 5.74) is 5.66. The summed E-state index contributed by atoms with van der Waals surface area (Å²) in [6, 6.07) is 12.1. The molecule has 0 spiro atoms. The van der Waals surface area contributed by atoms with E-state index < -0.39 is 0 Å². The summed E-state index contributed by atoms with van der Waals surface area (Å²) >= 11 is 6.17. The summed E-state index contributed by atoms with van der Waals surface area (Å²) in [7, 11) is 0. The maximum absolute atomic E-state index is 12.6. The molecule has 0 aromatic heterocycles. The second-order valence-electron chi connectivity index (χ2n) is 6.94. The van der Waals surface area contributed by atoms with Gasteiger partial charge in [-0.15, -0.1) is 0 Å². The van der Waals surface area contributed by atoms with E-state index in [9.17, 15) is 4.79 Å². The van der Waals surface area contributed by atoms with Gasteiger partial charge in [-0.3, -0.25) is 4.79 Å². The quantitative estimate of drug-likeness (QED) is 0.888. The van der Waals surface area contributed by atoms with Crippen molar-refractivity contribution in [1.82, 2.24) is 0 Å². The molecule has 4 rings (SSSR count). The summed E-state index contributed by atoms with van der Waals surface area (Å²) in [5.74, 6) is -0.0141. The van der Waals surface area contributed by atoms with Gasteiger partial charge in [0, 0.05) is 18.1 Å². The molecular weight excluding hydrogens is 348 g/mol. The van der Waals surface area contributed by atoms with E-state index in [1.807, 2.05) is 18.2 Å². The van der Waals surface area contributed by atoms with Gasteiger partial charge in [-0.05, 0) is 54.2 Å². The third kappa shape index (κ3) is 3.87. The SMILES string of the molecule is O=C(Cc1ccc2c(c1)CCC2)Nc1cc(Cl)ccc1N1CCOCC1. The number of ether oxygens (including phenoxy) is 1. The van der Waals surface area contributed by atoms with E-state index in [1.165, 1.54) is 17.5 Å². The molecule has 2 aromatic carbocycles. The molecule has 4 nitrogen and oxygen atoms in total. The minimum Gasteiger partial charge on any atom is -0.378 e. The van der Waals surface area contributed by atoms with Gasteiger partial charge in [0.25, 0.3) is 0 Å². The number of amides is 1. The standard InChI is InChI=1S/C21H23ClN2O2/c22-18-6-7-20(24-8-10-26-11-9-24)19(14-18)23-21(25)13-15-4-5-16-2-1-3-17(16)12-15/h4-7,12,14H,1-3,8-11,13H2,(H,23,25). The number of rotatable bonds is 4.